The Morgan fingerprint density at radius 3 is 2.32 bits per heavy atom. The lowest BCUT2D eigenvalue weighted by Crippen LogP contribution is -2.27. The summed E-state index contributed by atoms with van der Waals surface area (Å²) in [6.07, 6.45) is -4.66. The molecule has 0 aliphatic carbocycles. The fraction of sp³-hybridized carbons (Fsp3) is 0.357. The van der Waals surface area contributed by atoms with E-state index >= 15 is 0 Å². The lowest BCUT2D eigenvalue weighted by atomic mass is 10.0. The normalized spacial score (nSPS) is 13.0. The molecule has 118 valence electrons. The Morgan fingerprint density at radius 1 is 1.27 bits per heavy atom. The molecule has 1 aromatic carbocycles. The molecular formula is C14H14F3N3O2. The third-order valence-electron chi connectivity index (χ3n) is 3.40. The van der Waals surface area contributed by atoms with Gasteiger partial charge in [-0.2, -0.15) is 18.2 Å². The Kier molecular flexibility index (Phi) is 4.20. The SMILES string of the molecule is CC(=O)N(C)C(C)c1ccc(-c2noc(C(F)(F)F)n2)cc1. The zero-order chi connectivity index (χ0) is 16.5. The van der Waals surface area contributed by atoms with Crippen LogP contribution < -0.4 is 0 Å². The summed E-state index contributed by atoms with van der Waals surface area (Å²) in [6, 6.07) is 6.45. The largest absolute Gasteiger partial charge is 0.471 e. The van der Waals surface area contributed by atoms with E-state index in [1.54, 1.807) is 36.2 Å². The second-order valence-corrected chi connectivity index (χ2v) is 4.85. The quantitative estimate of drug-likeness (QED) is 0.872. The number of halogens is 3. The first-order valence-electron chi connectivity index (χ1n) is 6.45. The molecule has 2 rings (SSSR count). The van der Waals surface area contributed by atoms with Crippen molar-refractivity contribution >= 4 is 5.91 Å². The van der Waals surface area contributed by atoms with E-state index in [1.807, 2.05) is 6.92 Å². The number of aromatic nitrogens is 2. The first-order valence-corrected chi connectivity index (χ1v) is 6.45. The summed E-state index contributed by atoms with van der Waals surface area (Å²) in [7, 11) is 1.68. The summed E-state index contributed by atoms with van der Waals surface area (Å²) < 4.78 is 41.4. The number of alkyl halides is 3. The van der Waals surface area contributed by atoms with Gasteiger partial charge in [-0.3, -0.25) is 4.79 Å². The molecule has 2 aromatic rings. The van der Waals surface area contributed by atoms with Gasteiger partial charge in [0.15, 0.2) is 0 Å². The molecule has 0 aliphatic rings. The minimum absolute atomic E-state index is 0.0791. The average Bonchev–Trinajstić information content (AvgIpc) is 2.95. The van der Waals surface area contributed by atoms with E-state index in [9.17, 15) is 18.0 Å². The van der Waals surface area contributed by atoms with Crippen LogP contribution in [0.4, 0.5) is 13.2 Å². The third kappa shape index (κ3) is 3.26. The van der Waals surface area contributed by atoms with Crippen LogP contribution in [-0.4, -0.2) is 28.0 Å². The van der Waals surface area contributed by atoms with Crippen LogP contribution in [0.1, 0.15) is 31.3 Å². The minimum atomic E-state index is -4.66. The Hall–Kier alpha value is -2.38. The van der Waals surface area contributed by atoms with Gasteiger partial charge in [0.1, 0.15) is 0 Å². The zero-order valence-electron chi connectivity index (χ0n) is 12.2. The summed E-state index contributed by atoms with van der Waals surface area (Å²) in [5, 5.41) is 3.32. The van der Waals surface area contributed by atoms with Gasteiger partial charge in [-0.05, 0) is 12.5 Å². The molecule has 1 unspecified atom stereocenters. The molecule has 8 heteroatoms. The highest BCUT2D eigenvalue weighted by molar-refractivity contribution is 5.73. The maximum atomic E-state index is 12.4. The van der Waals surface area contributed by atoms with Crippen LogP contribution >= 0.6 is 0 Å². The van der Waals surface area contributed by atoms with Crippen molar-refractivity contribution in [2.45, 2.75) is 26.1 Å². The van der Waals surface area contributed by atoms with Crippen molar-refractivity contribution in [2.24, 2.45) is 0 Å². The number of hydrogen-bond acceptors (Lipinski definition) is 4. The lowest BCUT2D eigenvalue weighted by molar-refractivity contribution is -0.159. The molecule has 0 saturated heterocycles. The third-order valence-corrected chi connectivity index (χ3v) is 3.40. The smallest absolute Gasteiger partial charge is 0.339 e. The molecule has 0 N–H and O–H groups in total. The van der Waals surface area contributed by atoms with Crippen molar-refractivity contribution in [3.8, 4) is 11.4 Å². The van der Waals surface area contributed by atoms with Crippen molar-refractivity contribution in [3.63, 3.8) is 0 Å². The monoisotopic (exact) mass is 313 g/mol. The number of rotatable bonds is 3. The molecule has 0 radical (unpaired) electrons. The number of amides is 1. The molecule has 0 spiro atoms. The molecule has 5 nitrogen and oxygen atoms in total. The van der Waals surface area contributed by atoms with Gasteiger partial charge in [0.25, 0.3) is 0 Å². The van der Waals surface area contributed by atoms with E-state index in [0.29, 0.717) is 5.56 Å². The van der Waals surface area contributed by atoms with Gasteiger partial charge in [0.2, 0.25) is 11.7 Å². The molecule has 0 aliphatic heterocycles. The molecule has 1 amide bonds. The van der Waals surface area contributed by atoms with Gasteiger partial charge >= 0.3 is 12.1 Å². The van der Waals surface area contributed by atoms with Crippen molar-refractivity contribution in [1.29, 1.82) is 0 Å². The number of carbonyl (C=O) groups excluding carboxylic acids is 1. The topological polar surface area (TPSA) is 59.2 Å². The molecule has 1 atom stereocenters. The highest BCUT2D eigenvalue weighted by atomic mass is 19.4. The number of carbonyl (C=O) groups is 1. The maximum absolute atomic E-state index is 12.4. The van der Waals surface area contributed by atoms with Crippen LogP contribution in [0.2, 0.25) is 0 Å². The standard InChI is InChI=1S/C14H14F3N3O2/c1-8(20(3)9(2)21)10-4-6-11(7-5-10)12-18-13(22-19-12)14(15,16)17/h4-8H,1-3H3. The Labute approximate surface area is 124 Å². The minimum Gasteiger partial charge on any atom is -0.339 e. The molecule has 0 fully saturated rings. The molecule has 1 aromatic heterocycles. The van der Waals surface area contributed by atoms with Gasteiger partial charge in [-0.1, -0.05) is 29.4 Å². The van der Waals surface area contributed by atoms with E-state index in [2.05, 4.69) is 14.7 Å². The van der Waals surface area contributed by atoms with Crippen LogP contribution in [0.3, 0.4) is 0 Å². The number of hydrogen-bond donors (Lipinski definition) is 0. The van der Waals surface area contributed by atoms with Crippen molar-refractivity contribution < 1.29 is 22.5 Å². The molecule has 0 bridgehead atoms. The molecular weight excluding hydrogens is 299 g/mol. The van der Waals surface area contributed by atoms with Gasteiger partial charge in [0.05, 0.1) is 6.04 Å². The predicted octanol–water partition coefficient (Wildman–Crippen LogP) is 3.29. The average molecular weight is 313 g/mol. The highest BCUT2D eigenvalue weighted by Crippen LogP contribution is 2.29. The number of benzene rings is 1. The second kappa shape index (κ2) is 5.78. The van der Waals surface area contributed by atoms with Gasteiger partial charge in [-0.15, -0.1) is 0 Å². The molecule has 0 saturated carbocycles. The highest BCUT2D eigenvalue weighted by Gasteiger charge is 2.38. The Morgan fingerprint density at radius 2 is 1.86 bits per heavy atom. The fourth-order valence-corrected chi connectivity index (χ4v) is 1.86. The van der Waals surface area contributed by atoms with Crippen LogP contribution in [0.5, 0.6) is 0 Å². The van der Waals surface area contributed by atoms with Gasteiger partial charge in [0, 0.05) is 19.5 Å². The van der Waals surface area contributed by atoms with E-state index in [1.165, 1.54) is 6.92 Å². The molecule has 22 heavy (non-hydrogen) atoms. The zero-order valence-corrected chi connectivity index (χ0v) is 12.2. The van der Waals surface area contributed by atoms with E-state index in [-0.39, 0.29) is 17.8 Å². The summed E-state index contributed by atoms with van der Waals surface area (Å²) in [5.74, 6) is -1.59. The van der Waals surface area contributed by atoms with Gasteiger partial charge in [-0.25, -0.2) is 0 Å². The Bertz CT molecular complexity index is 665. The van der Waals surface area contributed by atoms with E-state index < -0.39 is 12.1 Å². The van der Waals surface area contributed by atoms with Crippen molar-refractivity contribution in [1.82, 2.24) is 15.0 Å². The van der Waals surface area contributed by atoms with E-state index in [0.717, 1.165) is 5.56 Å². The predicted molar refractivity (Wildman–Crippen MR) is 71.6 cm³/mol. The van der Waals surface area contributed by atoms with Crippen LogP contribution in [0.25, 0.3) is 11.4 Å². The van der Waals surface area contributed by atoms with Gasteiger partial charge < -0.3 is 9.42 Å². The van der Waals surface area contributed by atoms with Crippen LogP contribution in [-0.2, 0) is 11.0 Å². The second-order valence-electron chi connectivity index (χ2n) is 4.85. The van der Waals surface area contributed by atoms with E-state index in [4.69, 9.17) is 0 Å². The summed E-state index contributed by atoms with van der Waals surface area (Å²) in [5.41, 5.74) is 1.25. The Balaban J connectivity index is 2.22. The van der Waals surface area contributed by atoms with Crippen LogP contribution in [0, 0.1) is 0 Å². The summed E-state index contributed by atoms with van der Waals surface area (Å²) in [6.45, 7) is 3.31. The summed E-state index contributed by atoms with van der Waals surface area (Å²) in [4.78, 5) is 16.2. The van der Waals surface area contributed by atoms with Crippen LogP contribution in [0.15, 0.2) is 28.8 Å². The fourth-order valence-electron chi connectivity index (χ4n) is 1.86. The number of nitrogens with zero attached hydrogens (tertiary/aromatic N) is 3. The first kappa shape index (κ1) is 16.0. The first-order chi connectivity index (χ1) is 10.2. The lowest BCUT2D eigenvalue weighted by Gasteiger charge is -2.23. The maximum Gasteiger partial charge on any atom is 0.471 e. The summed E-state index contributed by atoms with van der Waals surface area (Å²) >= 11 is 0. The molecule has 1 heterocycles. The van der Waals surface area contributed by atoms with Crippen molar-refractivity contribution in [3.05, 3.63) is 35.7 Å². The van der Waals surface area contributed by atoms with Crippen molar-refractivity contribution in [2.75, 3.05) is 7.05 Å².